The van der Waals surface area contributed by atoms with Crippen LogP contribution in [0.4, 0.5) is 0 Å². The van der Waals surface area contributed by atoms with E-state index in [-0.39, 0.29) is 0 Å². The maximum Gasteiger partial charge on any atom is 0.187 e. The van der Waals surface area contributed by atoms with Crippen LogP contribution in [-0.2, 0) is 4.84 Å². The van der Waals surface area contributed by atoms with Crippen molar-refractivity contribution in [2.24, 2.45) is 5.16 Å². The number of halogens is 2. The molecule has 0 unspecified atom stereocenters. The van der Waals surface area contributed by atoms with Crippen LogP contribution in [0.25, 0.3) is 0 Å². The van der Waals surface area contributed by atoms with Crippen molar-refractivity contribution in [3.8, 4) is 0 Å². The molecule has 0 spiro atoms. The van der Waals surface area contributed by atoms with Crippen LogP contribution in [0.1, 0.15) is 19.8 Å². The number of oxime groups is 1. The molecule has 0 saturated heterocycles. The van der Waals surface area contributed by atoms with Crippen molar-refractivity contribution in [2.75, 3.05) is 6.61 Å². The van der Waals surface area contributed by atoms with E-state index in [0.717, 1.165) is 12.8 Å². The minimum Gasteiger partial charge on any atom is -0.394 e. The topological polar surface area (TPSA) is 21.6 Å². The van der Waals surface area contributed by atoms with E-state index in [2.05, 4.69) is 43.9 Å². The molecule has 54 valence electrons. The lowest BCUT2D eigenvalue weighted by Gasteiger charge is -1.94. The lowest BCUT2D eigenvalue weighted by atomic mass is 10.4. The highest BCUT2D eigenvalue weighted by molar-refractivity contribution is 9.39. The molecule has 4 heteroatoms. The first-order valence-corrected chi connectivity index (χ1v) is 4.37. The number of unbranched alkanes of at least 4 members (excludes halogenated alkanes) is 1. The molecule has 2 nitrogen and oxygen atoms in total. The second-order valence-corrected chi connectivity index (χ2v) is 4.08. The van der Waals surface area contributed by atoms with E-state index in [1.54, 1.807) is 0 Å². The Kier molecular flexibility index (Phi) is 6.86. The third-order valence-corrected chi connectivity index (χ3v) is 1.01. The first-order chi connectivity index (χ1) is 4.27. The van der Waals surface area contributed by atoms with Crippen molar-refractivity contribution in [1.82, 2.24) is 0 Å². The molecule has 0 heterocycles. The molecular weight excluding hydrogens is 250 g/mol. The molecule has 0 bridgehead atoms. The zero-order chi connectivity index (χ0) is 7.11. The summed E-state index contributed by atoms with van der Waals surface area (Å²) in [7, 11) is 0. The monoisotopic (exact) mass is 257 g/mol. The van der Waals surface area contributed by atoms with Gasteiger partial charge in [0.1, 0.15) is 6.61 Å². The minimum absolute atomic E-state index is 0.603. The van der Waals surface area contributed by atoms with Crippen molar-refractivity contribution in [3.63, 3.8) is 0 Å². The van der Waals surface area contributed by atoms with Gasteiger partial charge in [-0.15, -0.1) is 0 Å². The van der Waals surface area contributed by atoms with Gasteiger partial charge < -0.3 is 4.84 Å². The maximum atomic E-state index is 4.83. The van der Waals surface area contributed by atoms with E-state index in [9.17, 15) is 0 Å². The van der Waals surface area contributed by atoms with Crippen LogP contribution >= 0.6 is 31.9 Å². The Hall–Kier alpha value is 0.430. The van der Waals surface area contributed by atoms with Crippen LogP contribution in [0.5, 0.6) is 0 Å². The van der Waals surface area contributed by atoms with Crippen molar-refractivity contribution < 1.29 is 4.84 Å². The zero-order valence-electron chi connectivity index (χ0n) is 5.23. The van der Waals surface area contributed by atoms with Crippen LogP contribution in [0, 0.1) is 0 Å². The Balaban J connectivity index is 3.00. The molecule has 0 N–H and O–H groups in total. The van der Waals surface area contributed by atoms with E-state index < -0.39 is 0 Å². The van der Waals surface area contributed by atoms with Crippen molar-refractivity contribution in [3.05, 3.63) is 0 Å². The summed E-state index contributed by atoms with van der Waals surface area (Å²) in [6.45, 7) is 2.80. The quantitative estimate of drug-likeness (QED) is 0.432. The van der Waals surface area contributed by atoms with Gasteiger partial charge in [-0.2, -0.15) is 0 Å². The third-order valence-electron chi connectivity index (χ3n) is 0.723. The SMILES string of the molecule is CCCCON=C(Br)Br. The summed E-state index contributed by atoms with van der Waals surface area (Å²) in [5, 5.41) is 3.61. The standard InChI is InChI=1S/C5H9Br2NO/c1-2-3-4-9-8-5(6)7/h2-4H2,1H3. The second-order valence-electron chi connectivity index (χ2n) is 1.52. The Morgan fingerprint density at radius 1 is 1.56 bits per heavy atom. The highest BCUT2D eigenvalue weighted by Gasteiger charge is 1.84. The highest BCUT2D eigenvalue weighted by atomic mass is 79.9. The Morgan fingerprint density at radius 2 is 2.22 bits per heavy atom. The Bertz CT molecular complexity index is 91.0. The number of nitrogens with zero attached hydrogens (tertiary/aromatic N) is 1. The molecule has 0 radical (unpaired) electrons. The minimum atomic E-state index is 0.603. The van der Waals surface area contributed by atoms with Crippen LogP contribution in [0.2, 0.25) is 0 Å². The lowest BCUT2D eigenvalue weighted by molar-refractivity contribution is 0.143. The van der Waals surface area contributed by atoms with Crippen molar-refractivity contribution in [1.29, 1.82) is 0 Å². The zero-order valence-corrected chi connectivity index (χ0v) is 8.40. The summed E-state index contributed by atoms with van der Waals surface area (Å²) < 4.78 is 0.603. The second kappa shape index (κ2) is 6.55. The van der Waals surface area contributed by atoms with Gasteiger partial charge in [-0.1, -0.05) is 18.5 Å². The lowest BCUT2D eigenvalue weighted by Crippen LogP contribution is -1.86. The van der Waals surface area contributed by atoms with Gasteiger partial charge in [0, 0.05) is 0 Å². The van der Waals surface area contributed by atoms with Gasteiger partial charge in [-0.25, -0.2) is 0 Å². The van der Waals surface area contributed by atoms with Gasteiger partial charge in [-0.05, 0) is 38.3 Å². The van der Waals surface area contributed by atoms with E-state index >= 15 is 0 Å². The van der Waals surface area contributed by atoms with Crippen LogP contribution in [0.15, 0.2) is 5.16 Å². The number of rotatable bonds is 4. The molecule has 0 atom stereocenters. The smallest absolute Gasteiger partial charge is 0.187 e. The van der Waals surface area contributed by atoms with Crippen molar-refractivity contribution in [2.45, 2.75) is 19.8 Å². The van der Waals surface area contributed by atoms with Crippen LogP contribution in [0.3, 0.4) is 0 Å². The Morgan fingerprint density at radius 3 is 2.67 bits per heavy atom. The molecule has 0 aromatic rings. The molecule has 9 heavy (non-hydrogen) atoms. The molecule has 0 aliphatic rings. The molecule has 0 amide bonds. The predicted octanol–water partition coefficient (Wildman–Crippen LogP) is 2.86. The van der Waals surface area contributed by atoms with Crippen LogP contribution < -0.4 is 0 Å². The summed E-state index contributed by atoms with van der Waals surface area (Å²) in [4.78, 5) is 4.83. The van der Waals surface area contributed by atoms with Gasteiger partial charge in [0.25, 0.3) is 0 Å². The molecule has 0 aliphatic heterocycles. The molecule has 0 aromatic heterocycles. The van der Waals surface area contributed by atoms with Crippen LogP contribution in [-0.4, -0.2) is 10.1 Å². The van der Waals surface area contributed by atoms with E-state index in [1.165, 1.54) is 0 Å². The van der Waals surface area contributed by atoms with Gasteiger partial charge in [-0.3, -0.25) is 0 Å². The molecule has 0 rings (SSSR count). The van der Waals surface area contributed by atoms with Gasteiger partial charge in [0.2, 0.25) is 0 Å². The molecular formula is C5H9Br2NO. The van der Waals surface area contributed by atoms with Gasteiger partial charge in [0.05, 0.1) is 0 Å². The highest BCUT2D eigenvalue weighted by Crippen LogP contribution is 1.99. The average Bonchev–Trinajstić information content (AvgIpc) is 1.80. The first kappa shape index (κ1) is 9.43. The fourth-order valence-corrected chi connectivity index (χ4v) is 0.508. The van der Waals surface area contributed by atoms with E-state index in [1.807, 2.05) is 0 Å². The first-order valence-electron chi connectivity index (χ1n) is 2.78. The van der Waals surface area contributed by atoms with E-state index in [4.69, 9.17) is 4.84 Å². The maximum absolute atomic E-state index is 4.83. The number of hydrogen-bond donors (Lipinski definition) is 0. The molecule has 0 fully saturated rings. The number of hydrogen-bond acceptors (Lipinski definition) is 2. The summed E-state index contributed by atoms with van der Waals surface area (Å²) in [5.41, 5.74) is 0. The summed E-state index contributed by atoms with van der Waals surface area (Å²) in [6, 6.07) is 0. The summed E-state index contributed by atoms with van der Waals surface area (Å²) in [5.74, 6) is 0. The average molecular weight is 259 g/mol. The van der Waals surface area contributed by atoms with Crippen molar-refractivity contribution >= 4 is 35.4 Å². The van der Waals surface area contributed by atoms with E-state index in [0.29, 0.717) is 10.1 Å². The largest absolute Gasteiger partial charge is 0.394 e. The van der Waals surface area contributed by atoms with Gasteiger partial charge in [0.15, 0.2) is 3.53 Å². The predicted molar refractivity (Wildman–Crippen MR) is 46.1 cm³/mol. The summed E-state index contributed by atoms with van der Waals surface area (Å²) >= 11 is 6.14. The summed E-state index contributed by atoms with van der Waals surface area (Å²) in [6.07, 6.45) is 2.19. The van der Waals surface area contributed by atoms with Gasteiger partial charge >= 0.3 is 0 Å². The normalized spacial score (nSPS) is 8.78. The molecule has 0 saturated carbocycles. The third kappa shape index (κ3) is 8.43. The fraction of sp³-hybridized carbons (Fsp3) is 0.800. The Labute approximate surface area is 71.9 Å². The molecule has 0 aliphatic carbocycles. The fourth-order valence-electron chi connectivity index (χ4n) is 0.303. The molecule has 0 aromatic carbocycles.